The molecule has 0 saturated carbocycles. The molecule has 3 unspecified atom stereocenters. The number of carbonyl (C=O) groups excluding carboxylic acids is 1. The van der Waals surface area contributed by atoms with Crippen LogP contribution in [0.3, 0.4) is 0 Å². The van der Waals surface area contributed by atoms with Gasteiger partial charge < -0.3 is 10.4 Å². The lowest BCUT2D eigenvalue weighted by Crippen LogP contribution is -2.40. The molecule has 5 heteroatoms. The largest absolute Gasteiger partial charge is 0.508 e. The predicted octanol–water partition coefficient (Wildman–Crippen LogP) is 4.88. The van der Waals surface area contributed by atoms with Crippen LogP contribution in [0.2, 0.25) is 0 Å². The van der Waals surface area contributed by atoms with Crippen LogP contribution in [0, 0.1) is 19.7 Å². The van der Waals surface area contributed by atoms with Crippen molar-refractivity contribution in [2.75, 3.05) is 6.54 Å². The molecule has 3 atom stereocenters. The SMILES string of the molecule is Cc1c(O)ccc(C(C)N2CCCC2CC(C)NC(=O)c2cccc(F)c2)c1C. The van der Waals surface area contributed by atoms with Gasteiger partial charge in [0.05, 0.1) is 0 Å². The predicted molar refractivity (Wildman–Crippen MR) is 114 cm³/mol. The van der Waals surface area contributed by atoms with E-state index in [1.807, 2.05) is 19.9 Å². The van der Waals surface area contributed by atoms with Crippen molar-refractivity contribution in [1.82, 2.24) is 10.2 Å². The molecule has 156 valence electrons. The lowest BCUT2D eigenvalue weighted by atomic mass is 9.95. The molecule has 2 aromatic carbocycles. The Balaban J connectivity index is 1.66. The molecule has 1 heterocycles. The molecule has 0 aliphatic carbocycles. The first-order chi connectivity index (χ1) is 13.8. The van der Waals surface area contributed by atoms with Gasteiger partial charge in [0, 0.05) is 23.7 Å². The van der Waals surface area contributed by atoms with Crippen LogP contribution in [0.5, 0.6) is 5.75 Å². The van der Waals surface area contributed by atoms with Crippen LogP contribution in [0.4, 0.5) is 4.39 Å². The molecule has 0 spiro atoms. The molecule has 29 heavy (non-hydrogen) atoms. The summed E-state index contributed by atoms with van der Waals surface area (Å²) in [6, 6.07) is 10.2. The second-order valence-electron chi connectivity index (χ2n) is 8.25. The average Bonchev–Trinajstić information content (AvgIpc) is 3.13. The first kappa shape index (κ1) is 21.3. The molecule has 0 radical (unpaired) electrons. The van der Waals surface area contributed by atoms with Crippen molar-refractivity contribution in [3.05, 3.63) is 64.5 Å². The Morgan fingerprint density at radius 3 is 2.72 bits per heavy atom. The van der Waals surface area contributed by atoms with Gasteiger partial charge in [0.1, 0.15) is 11.6 Å². The van der Waals surface area contributed by atoms with E-state index in [4.69, 9.17) is 0 Å². The summed E-state index contributed by atoms with van der Waals surface area (Å²) >= 11 is 0. The first-order valence-corrected chi connectivity index (χ1v) is 10.4. The maximum Gasteiger partial charge on any atom is 0.251 e. The van der Waals surface area contributed by atoms with Crippen molar-refractivity contribution in [2.45, 2.75) is 65.1 Å². The number of nitrogens with zero attached hydrogens (tertiary/aromatic N) is 1. The Kier molecular flexibility index (Phi) is 6.58. The van der Waals surface area contributed by atoms with E-state index in [0.717, 1.165) is 36.9 Å². The van der Waals surface area contributed by atoms with Gasteiger partial charge in [0.25, 0.3) is 5.91 Å². The number of likely N-dealkylation sites (tertiary alicyclic amines) is 1. The van der Waals surface area contributed by atoms with Gasteiger partial charge in [-0.15, -0.1) is 0 Å². The second-order valence-corrected chi connectivity index (χ2v) is 8.25. The minimum atomic E-state index is -0.402. The lowest BCUT2D eigenvalue weighted by Gasteiger charge is -2.33. The third-order valence-corrected chi connectivity index (χ3v) is 6.26. The Bertz CT molecular complexity index is 883. The van der Waals surface area contributed by atoms with Crippen molar-refractivity contribution in [1.29, 1.82) is 0 Å². The van der Waals surface area contributed by atoms with Crippen LogP contribution in [-0.4, -0.2) is 34.5 Å². The molecule has 1 aliphatic rings. The third-order valence-electron chi connectivity index (χ3n) is 6.26. The topological polar surface area (TPSA) is 52.6 Å². The minimum Gasteiger partial charge on any atom is -0.508 e. The molecule has 0 aromatic heterocycles. The molecule has 1 amide bonds. The molecule has 1 saturated heterocycles. The number of phenolic OH excluding ortho intramolecular Hbond substituents is 1. The fourth-order valence-corrected chi connectivity index (χ4v) is 4.48. The van der Waals surface area contributed by atoms with E-state index in [2.05, 4.69) is 24.1 Å². The summed E-state index contributed by atoms with van der Waals surface area (Å²) in [6.45, 7) is 9.26. The summed E-state index contributed by atoms with van der Waals surface area (Å²) in [5.74, 6) is -0.301. The highest BCUT2D eigenvalue weighted by atomic mass is 19.1. The number of amides is 1. The van der Waals surface area contributed by atoms with E-state index in [0.29, 0.717) is 17.4 Å². The molecule has 2 aromatic rings. The quantitative estimate of drug-likeness (QED) is 0.729. The van der Waals surface area contributed by atoms with Gasteiger partial charge in [-0.3, -0.25) is 9.69 Å². The van der Waals surface area contributed by atoms with Gasteiger partial charge in [-0.1, -0.05) is 12.1 Å². The van der Waals surface area contributed by atoms with E-state index in [-0.39, 0.29) is 18.0 Å². The van der Waals surface area contributed by atoms with Gasteiger partial charge in [-0.2, -0.15) is 0 Å². The van der Waals surface area contributed by atoms with Gasteiger partial charge in [-0.25, -0.2) is 4.39 Å². The number of rotatable bonds is 6. The number of carbonyl (C=O) groups is 1. The zero-order valence-corrected chi connectivity index (χ0v) is 17.7. The molecule has 1 aliphatic heterocycles. The van der Waals surface area contributed by atoms with Crippen LogP contribution in [0.25, 0.3) is 0 Å². The molecule has 1 fully saturated rings. The number of hydrogen-bond acceptors (Lipinski definition) is 3. The van der Waals surface area contributed by atoms with Crippen molar-refractivity contribution >= 4 is 5.91 Å². The smallest absolute Gasteiger partial charge is 0.251 e. The van der Waals surface area contributed by atoms with Crippen LogP contribution in [0.1, 0.15) is 66.2 Å². The molecule has 3 rings (SSSR count). The number of halogens is 1. The van der Waals surface area contributed by atoms with Gasteiger partial charge in [0.2, 0.25) is 0 Å². The summed E-state index contributed by atoms with van der Waals surface area (Å²) in [4.78, 5) is 14.9. The summed E-state index contributed by atoms with van der Waals surface area (Å²) in [7, 11) is 0. The maximum atomic E-state index is 13.4. The third kappa shape index (κ3) is 4.78. The van der Waals surface area contributed by atoms with Gasteiger partial charge in [0.15, 0.2) is 0 Å². The number of nitrogens with one attached hydrogen (secondary N) is 1. The zero-order chi connectivity index (χ0) is 21.1. The lowest BCUT2D eigenvalue weighted by molar-refractivity contribution is 0.0926. The molecule has 4 nitrogen and oxygen atoms in total. The molecular formula is C24H31FN2O2. The zero-order valence-electron chi connectivity index (χ0n) is 17.7. The second kappa shape index (κ2) is 8.95. The Morgan fingerprint density at radius 1 is 1.24 bits per heavy atom. The minimum absolute atomic E-state index is 0.00813. The van der Waals surface area contributed by atoms with E-state index in [1.54, 1.807) is 18.2 Å². The van der Waals surface area contributed by atoms with Gasteiger partial charge in [-0.05, 0) is 94.5 Å². The van der Waals surface area contributed by atoms with Crippen molar-refractivity contribution in [3.8, 4) is 5.75 Å². The van der Waals surface area contributed by atoms with E-state index in [9.17, 15) is 14.3 Å². The average molecular weight is 399 g/mol. The Hall–Kier alpha value is -2.40. The summed E-state index contributed by atoms with van der Waals surface area (Å²) in [6.07, 6.45) is 3.08. The van der Waals surface area contributed by atoms with E-state index in [1.165, 1.54) is 17.7 Å². The van der Waals surface area contributed by atoms with Gasteiger partial charge >= 0.3 is 0 Å². The monoisotopic (exact) mass is 398 g/mol. The maximum absolute atomic E-state index is 13.4. The van der Waals surface area contributed by atoms with Crippen molar-refractivity contribution in [3.63, 3.8) is 0 Å². The van der Waals surface area contributed by atoms with Crippen molar-refractivity contribution < 1.29 is 14.3 Å². The van der Waals surface area contributed by atoms with Crippen molar-refractivity contribution in [2.24, 2.45) is 0 Å². The van der Waals surface area contributed by atoms with E-state index >= 15 is 0 Å². The summed E-state index contributed by atoms with van der Waals surface area (Å²) in [5.41, 5.74) is 3.66. The van der Waals surface area contributed by atoms with Crippen LogP contribution < -0.4 is 5.32 Å². The fraction of sp³-hybridized carbons (Fsp3) is 0.458. The highest BCUT2D eigenvalue weighted by Crippen LogP contribution is 2.35. The number of phenols is 1. The highest BCUT2D eigenvalue weighted by Gasteiger charge is 2.31. The highest BCUT2D eigenvalue weighted by molar-refractivity contribution is 5.94. The van der Waals surface area contributed by atoms with E-state index < -0.39 is 5.82 Å². The number of hydrogen-bond donors (Lipinski definition) is 2. The Labute approximate surface area is 172 Å². The molecular weight excluding hydrogens is 367 g/mol. The van der Waals surface area contributed by atoms with Crippen LogP contribution >= 0.6 is 0 Å². The number of benzene rings is 2. The fourth-order valence-electron chi connectivity index (χ4n) is 4.48. The summed E-state index contributed by atoms with van der Waals surface area (Å²) < 4.78 is 13.4. The van der Waals surface area contributed by atoms with Crippen LogP contribution in [0.15, 0.2) is 36.4 Å². The van der Waals surface area contributed by atoms with Crippen LogP contribution in [-0.2, 0) is 0 Å². The molecule has 2 N–H and O–H groups in total. The standard InChI is InChI=1S/C24H31FN2O2/c1-15(26-24(29)19-7-5-8-20(25)14-19)13-21-9-6-12-27(21)18(4)22-10-11-23(28)17(3)16(22)2/h5,7-8,10-11,14-15,18,21,28H,6,9,12-13H2,1-4H3,(H,26,29). The normalized spacial score (nSPS) is 19.1. The first-order valence-electron chi connectivity index (χ1n) is 10.4. The molecule has 0 bridgehead atoms. The summed E-state index contributed by atoms with van der Waals surface area (Å²) in [5, 5.41) is 13.0. The Morgan fingerprint density at radius 2 is 2.00 bits per heavy atom. The number of aromatic hydroxyl groups is 1.